The summed E-state index contributed by atoms with van der Waals surface area (Å²) in [4.78, 5) is 6.84. The maximum absolute atomic E-state index is 5.33. The van der Waals surface area contributed by atoms with E-state index in [4.69, 9.17) is 5.84 Å². The molecule has 94 valence electrons. The van der Waals surface area contributed by atoms with Crippen LogP contribution >= 0.6 is 0 Å². The third-order valence-corrected chi connectivity index (χ3v) is 3.24. The van der Waals surface area contributed by atoms with Crippen molar-refractivity contribution in [2.24, 2.45) is 5.84 Å². The van der Waals surface area contributed by atoms with Gasteiger partial charge in [-0.05, 0) is 45.0 Å². The van der Waals surface area contributed by atoms with Gasteiger partial charge < -0.3 is 10.7 Å². The van der Waals surface area contributed by atoms with Crippen molar-refractivity contribution in [3.63, 3.8) is 0 Å². The molecule has 0 saturated carbocycles. The van der Waals surface area contributed by atoms with Crippen LogP contribution in [0.1, 0.15) is 19.8 Å². The van der Waals surface area contributed by atoms with Gasteiger partial charge in [0, 0.05) is 12.6 Å². The predicted octanol–water partition coefficient (Wildman–Crippen LogP) is 1.26. The average Bonchev–Trinajstić information content (AvgIpc) is 2.90. The Bertz CT molecular complexity index is 349. The number of nitrogens with zero attached hydrogens (tertiary/aromatic N) is 2. The molecule has 2 heterocycles. The van der Waals surface area contributed by atoms with E-state index in [1.54, 1.807) is 0 Å². The van der Waals surface area contributed by atoms with Crippen LogP contribution in [0.25, 0.3) is 0 Å². The smallest absolute Gasteiger partial charge is 0.142 e. The topological polar surface area (TPSA) is 66.2 Å². The van der Waals surface area contributed by atoms with Gasteiger partial charge >= 0.3 is 0 Å². The molecular formula is C12H21N5. The Morgan fingerprint density at radius 1 is 1.35 bits per heavy atom. The van der Waals surface area contributed by atoms with Gasteiger partial charge in [-0.25, -0.2) is 10.8 Å². The Labute approximate surface area is 102 Å². The van der Waals surface area contributed by atoms with Crippen LogP contribution in [0.3, 0.4) is 0 Å². The lowest BCUT2D eigenvalue weighted by molar-refractivity contribution is 0.269. The van der Waals surface area contributed by atoms with Gasteiger partial charge in [0.1, 0.15) is 11.6 Å². The summed E-state index contributed by atoms with van der Waals surface area (Å²) in [5.74, 6) is 6.88. The Kier molecular flexibility index (Phi) is 4.17. The Balaban J connectivity index is 1.83. The van der Waals surface area contributed by atoms with Crippen molar-refractivity contribution in [1.29, 1.82) is 0 Å². The van der Waals surface area contributed by atoms with Crippen LogP contribution in [-0.4, -0.2) is 35.6 Å². The molecule has 0 aromatic carbocycles. The maximum Gasteiger partial charge on any atom is 0.142 e. The number of pyridine rings is 1. The highest BCUT2D eigenvalue weighted by Gasteiger charge is 2.17. The first-order chi connectivity index (χ1) is 8.29. The summed E-state index contributed by atoms with van der Waals surface area (Å²) in [7, 11) is 0. The van der Waals surface area contributed by atoms with Crippen LogP contribution in [0.4, 0.5) is 11.6 Å². The molecular weight excluding hydrogens is 214 g/mol. The number of nitrogens with two attached hydrogens (primary N) is 1. The van der Waals surface area contributed by atoms with Crippen molar-refractivity contribution in [1.82, 2.24) is 9.88 Å². The fourth-order valence-corrected chi connectivity index (χ4v) is 2.18. The van der Waals surface area contributed by atoms with E-state index in [1.165, 1.54) is 25.9 Å². The van der Waals surface area contributed by atoms with Crippen molar-refractivity contribution in [2.75, 3.05) is 30.4 Å². The minimum Gasteiger partial charge on any atom is -0.368 e. The standard InChI is InChI=1S/C12H21N5/c1-10(17-7-2-3-8-17)9-14-11-5-4-6-12(15-11)16-13/h4-6,10H,2-3,7-9,13H2,1H3,(H2,14,15,16). The molecule has 4 N–H and O–H groups in total. The SMILES string of the molecule is CC(CNc1cccc(NN)n1)N1CCCC1. The second kappa shape index (κ2) is 5.84. The van der Waals surface area contributed by atoms with Crippen molar-refractivity contribution in [2.45, 2.75) is 25.8 Å². The largest absolute Gasteiger partial charge is 0.368 e. The minimum atomic E-state index is 0.550. The first-order valence-electron chi connectivity index (χ1n) is 6.21. The zero-order valence-corrected chi connectivity index (χ0v) is 10.3. The fourth-order valence-electron chi connectivity index (χ4n) is 2.18. The lowest BCUT2D eigenvalue weighted by atomic mass is 10.3. The van der Waals surface area contributed by atoms with E-state index in [-0.39, 0.29) is 0 Å². The lowest BCUT2D eigenvalue weighted by Gasteiger charge is -2.24. The molecule has 5 heteroatoms. The van der Waals surface area contributed by atoms with E-state index in [1.807, 2.05) is 18.2 Å². The van der Waals surface area contributed by atoms with Crippen LogP contribution in [0.5, 0.6) is 0 Å². The zero-order valence-electron chi connectivity index (χ0n) is 10.3. The highest BCUT2D eigenvalue weighted by Crippen LogP contribution is 2.13. The van der Waals surface area contributed by atoms with Crippen LogP contribution < -0.4 is 16.6 Å². The molecule has 0 amide bonds. The number of nitrogens with one attached hydrogen (secondary N) is 2. The number of anilines is 2. The minimum absolute atomic E-state index is 0.550. The van der Waals surface area contributed by atoms with Gasteiger partial charge in [-0.15, -0.1) is 0 Å². The van der Waals surface area contributed by atoms with E-state index in [9.17, 15) is 0 Å². The van der Waals surface area contributed by atoms with Crippen molar-refractivity contribution in [3.05, 3.63) is 18.2 Å². The number of hydrogen-bond donors (Lipinski definition) is 3. The molecule has 5 nitrogen and oxygen atoms in total. The second-order valence-corrected chi connectivity index (χ2v) is 4.53. The van der Waals surface area contributed by atoms with Gasteiger partial charge in [-0.3, -0.25) is 4.90 Å². The third-order valence-electron chi connectivity index (χ3n) is 3.24. The Morgan fingerprint density at radius 3 is 2.76 bits per heavy atom. The number of aromatic nitrogens is 1. The molecule has 0 bridgehead atoms. The van der Waals surface area contributed by atoms with Gasteiger partial charge in [0.15, 0.2) is 0 Å². The normalized spacial score (nSPS) is 18.0. The highest BCUT2D eigenvalue weighted by atomic mass is 15.3. The summed E-state index contributed by atoms with van der Waals surface area (Å²) in [5, 5.41) is 3.35. The summed E-state index contributed by atoms with van der Waals surface area (Å²) in [5.41, 5.74) is 2.55. The van der Waals surface area contributed by atoms with Crippen molar-refractivity contribution < 1.29 is 0 Å². The number of hydrazine groups is 1. The van der Waals surface area contributed by atoms with Gasteiger partial charge in [0.05, 0.1) is 0 Å². The second-order valence-electron chi connectivity index (χ2n) is 4.53. The summed E-state index contributed by atoms with van der Waals surface area (Å²) < 4.78 is 0. The summed E-state index contributed by atoms with van der Waals surface area (Å²) in [6.45, 7) is 5.62. The van der Waals surface area contributed by atoms with Gasteiger partial charge in [-0.2, -0.15) is 0 Å². The van der Waals surface area contributed by atoms with E-state index >= 15 is 0 Å². The molecule has 1 aliphatic heterocycles. The van der Waals surface area contributed by atoms with Crippen LogP contribution in [0.15, 0.2) is 18.2 Å². The Morgan fingerprint density at radius 2 is 2.06 bits per heavy atom. The highest BCUT2D eigenvalue weighted by molar-refractivity contribution is 5.44. The van der Waals surface area contributed by atoms with Crippen LogP contribution in [0.2, 0.25) is 0 Å². The van der Waals surface area contributed by atoms with Crippen molar-refractivity contribution in [3.8, 4) is 0 Å². The van der Waals surface area contributed by atoms with E-state index < -0.39 is 0 Å². The van der Waals surface area contributed by atoms with Crippen LogP contribution in [0, 0.1) is 0 Å². The quantitative estimate of drug-likeness (QED) is 0.530. The first kappa shape index (κ1) is 12.1. The Hall–Kier alpha value is -1.33. The number of rotatable bonds is 5. The molecule has 1 aliphatic rings. The monoisotopic (exact) mass is 235 g/mol. The van der Waals surface area contributed by atoms with E-state index in [2.05, 4.69) is 27.6 Å². The zero-order chi connectivity index (χ0) is 12.1. The third kappa shape index (κ3) is 3.31. The van der Waals surface area contributed by atoms with Crippen molar-refractivity contribution >= 4 is 11.6 Å². The molecule has 1 unspecified atom stereocenters. The molecule has 1 saturated heterocycles. The van der Waals surface area contributed by atoms with E-state index in [0.29, 0.717) is 11.9 Å². The number of likely N-dealkylation sites (tertiary alicyclic amines) is 1. The molecule has 1 atom stereocenters. The summed E-state index contributed by atoms with van der Waals surface area (Å²) >= 11 is 0. The van der Waals surface area contributed by atoms with Gasteiger partial charge in [0.2, 0.25) is 0 Å². The molecule has 0 radical (unpaired) electrons. The maximum atomic E-state index is 5.33. The predicted molar refractivity (Wildman–Crippen MR) is 70.8 cm³/mol. The number of nitrogen functional groups attached to an aromatic ring is 1. The number of hydrogen-bond acceptors (Lipinski definition) is 5. The van der Waals surface area contributed by atoms with E-state index in [0.717, 1.165) is 12.4 Å². The molecule has 1 aromatic rings. The first-order valence-corrected chi connectivity index (χ1v) is 6.21. The molecule has 0 spiro atoms. The molecule has 2 rings (SSSR count). The summed E-state index contributed by atoms with van der Waals surface area (Å²) in [6.07, 6.45) is 2.66. The van der Waals surface area contributed by atoms with Gasteiger partial charge in [-0.1, -0.05) is 6.07 Å². The fraction of sp³-hybridized carbons (Fsp3) is 0.583. The molecule has 1 fully saturated rings. The molecule has 0 aliphatic carbocycles. The van der Waals surface area contributed by atoms with Gasteiger partial charge in [0.25, 0.3) is 0 Å². The molecule has 1 aromatic heterocycles. The lowest BCUT2D eigenvalue weighted by Crippen LogP contribution is -2.35. The van der Waals surface area contributed by atoms with Crippen LogP contribution in [-0.2, 0) is 0 Å². The summed E-state index contributed by atoms with van der Waals surface area (Å²) in [6, 6.07) is 6.28. The average molecular weight is 235 g/mol. The molecule has 17 heavy (non-hydrogen) atoms.